The van der Waals surface area contributed by atoms with E-state index in [0.717, 1.165) is 22.2 Å². The average Bonchev–Trinajstić information content (AvgIpc) is 3.47. The zero-order chi connectivity index (χ0) is 24.7. The van der Waals surface area contributed by atoms with E-state index in [1.54, 1.807) is 16.3 Å². The molecule has 178 valence electrons. The Morgan fingerprint density at radius 2 is 1.80 bits per heavy atom. The van der Waals surface area contributed by atoms with Crippen molar-refractivity contribution in [2.45, 2.75) is 32.2 Å². The highest BCUT2D eigenvalue weighted by Crippen LogP contribution is 2.46. The maximum atomic E-state index is 13.3. The highest BCUT2D eigenvalue weighted by molar-refractivity contribution is 8.03. The Balaban J connectivity index is 1.59. The maximum absolute atomic E-state index is 13.3. The highest BCUT2D eigenvalue weighted by atomic mass is 35.5. The number of fused-ring (bicyclic) bond motifs is 1. The quantitative estimate of drug-likeness (QED) is 0.509. The normalized spacial score (nSPS) is 18.6. The second-order valence-electron chi connectivity index (χ2n) is 7.96. The number of anilines is 2. The Labute approximate surface area is 216 Å². The fourth-order valence-corrected chi connectivity index (χ4v) is 6.65. The Kier molecular flexibility index (Phi) is 6.44. The summed E-state index contributed by atoms with van der Waals surface area (Å²) in [5.41, 5.74) is 2.73. The van der Waals surface area contributed by atoms with Gasteiger partial charge in [0.25, 0.3) is 11.5 Å². The van der Waals surface area contributed by atoms with E-state index in [2.05, 4.69) is 16.9 Å². The topological polar surface area (TPSA) is 57.9 Å². The summed E-state index contributed by atoms with van der Waals surface area (Å²) in [5, 5.41) is 7.61. The molecule has 0 saturated carbocycles. The molecule has 0 saturated heterocycles. The van der Waals surface area contributed by atoms with Gasteiger partial charge in [0.15, 0.2) is 0 Å². The SMILES string of the molecule is CCN1C(=CC=c2sc(=C3C(=O)N(c4ccccc4)N=C3C)n(CC)c2=O)Sc2ccc(Cl)cc21. The molecule has 0 aliphatic carbocycles. The van der Waals surface area contributed by atoms with Crippen LogP contribution in [0.4, 0.5) is 11.4 Å². The molecule has 5 rings (SSSR count). The number of amides is 1. The summed E-state index contributed by atoms with van der Waals surface area (Å²) in [7, 11) is 0. The van der Waals surface area contributed by atoms with Crippen molar-refractivity contribution in [3.05, 3.63) is 84.2 Å². The van der Waals surface area contributed by atoms with Gasteiger partial charge in [0.2, 0.25) is 0 Å². The Bertz CT molecular complexity index is 1570. The molecule has 6 nitrogen and oxygen atoms in total. The number of carbonyl (C=O) groups excluding carboxylic acids is 1. The summed E-state index contributed by atoms with van der Waals surface area (Å²) in [6, 6.07) is 15.2. The molecule has 0 fully saturated rings. The molecule has 1 aromatic heterocycles. The zero-order valence-corrected chi connectivity index (χ0v) is 21.9. The van der Waals surface area contributed by atoms with Crippen LogP contribution < -0.4 is 24.7 Å². The maximum Gasteiger partial charge on any atom is 0.283 e. The minimum Gasteiger partial charge on any atom is -0.335 e. The molecule has 9 heteroatoms. The number of hydrazone groups is 1. The predicted molar refractivity (Wildman–Crippen MR) is 147 cm³/mol. The molecular formula is C26H23ClN4O2S2. The number of thiazole rings is 1. The number of allylic oxidation sites excluding steroid dienone is 1. The predicted octanol–water partition coefficient (Wildman–Crippen LogP) is 4.41. The number of thioether (sulfide) groups is 1. The van der Waals surface area contributed by atoms with E-state index in [1.165, 1.54) is 16.3 Å². The number of benzene rings is 2. The number of para-hydroxylation sites is 1. The fourth-order valence-electron chi connectivity index (χ4n) is 4.17. The highest BCUT2D eigenvalue weighted by Gasteiger charge is 2.31. The molecule has 0 N–H and O–H groups in total. The molecule has 1 amide bonds. The van der Waals surface area contributed by atoms with Gasteiger partial charge in [0, 0.05) is 23.0 Å². The van der Waals surface area contributed by atoms with Crippen LogP contribution >= 0.6 is 34.7 Å². The van der Waals surface area contributed by atoms with E-state index < -0.39 is 0 Å². The first-order valence-corrected chi connectivity index (χ1v) is 13.3. The molecule has 2 aromatic carbocycles. The minimum absolute atomic E-state index is 0.109. The lowest BCUT2D eigenvalue weighted by molar-refractivity contribution is -0.112. The van der Waals surface area contributed by atoms with Gasteiger partial charge in [-0.05, 0) is 63.3 Å². The van der Waals surface area contributed by atoms with Crippen molar-refractivity contribution in [2.75, 3.05) is 16.5 Å². The first kappa shape index (κ1) is 23.7. The van der Waals surface area contributed by atoms with Crippen LogP contribution in [-0.2, 0) is 11.3 Å². The number of carbonyl (C=O) groups is 1. The summed E-state index contributed by atoms with van der Waals surface area (Å²) in [4.78, 5) is 29.9. The number of aromatic nitrogens is 1. The Hall–Kier alpha value is -3.07. The van der Waals surface area contributed by atoms with E-state index in [1.807, 2.05) is 74.5 Å². The van der Waals surface area contributed by atoms with E-state index >= 15 is 0 Å². The minimum atomic E-state index is -0.224. The largest absolute Gasteiger partial charge is 0.335 e. The van der Waals surface area contributed by atoms with Crippen LogP contribution in [0.2, 0.25) is 5.02 Å². The summed E-state index contributed by atoms with van der Waals surface area (Å²) in [6.07, 6.45) is 3.82. The molecule has 0 radical (unpaired) electrons. The second kappa shape index (κ2) is 9.53. The lowest BCUT2D eigenvalue weighted by Crippen LogP contribution is -2.33. The summed E-state index contributed by atoms with van der Waals surface area (Å²) in [5.74, 6) is -0.224. The molecule has 3 heterocycles. The van der Waals surface area contributed by atoms with Crippen molar-refractivity contribution < 1.29 is 4.79 Å². The van der Waals surface area contributed by atoms with Crippen LogP contribution in [0.25, 0.3) is 11.6 Å². The number of nitrogens with zero attached hydrogens (tertiary/aromatic N) is 4. The van der Waals surface area contributed by atoms with E-state index in [9.17, 15) is 9.59 Å². The average molecular weight is 523 g/mol. The van der Waals surface area contributed by atoms with Crippen molar-refractivity contribution in [2.24, 2.45) is 5.10 Å². The standard InChI is InChI=1S/C26H23ClN4O2S2/c1-4-29-19-15-17(27)11-12-20(19)34-22(29)14-13-21-24(32)30(5-2)26(35-21)23-16(3)28-31(25(23)33)18-9-7-6-8-10-18/h6-15H,4-5H2,1-3H3. The summed E-state index contributed by atoms with van der Waals surface area (Å²) >= 11 is 9.19. The number of hydrogen-bond donors (Lipinski definition) is 0. The van der Waals surface area contributed by atoms with Gasteiger partial charge in [-0.1, -0.05) is 41.6 Å². The van der Waals surface area contributed by atoms with Crippen molar-refractivity contribution in [1.82, 2.24) is 4.57 Å². The van der Waals surface area contributed by atoms with Gasteiger partial charge in [-0.25, -0.2) is 0 Å². The van der Waals surface area contributed by atoms with E-state index in [-0.39, 0.29) is 11.5 Å². The van der Waals surface area contributed by atoms with Crippen molar-refractivity contribution >= 4 is 69.3 Å². The molecule has 0 spiro atoms. The molecule has 2 aliphatic heterocycles. The third kappa shape index (κ3) is 4.16. The molecule has 0 unspecified atom stereocenters. The molecule has 35 heavy (non-hydrogen) atoms. The first-order chi connectivity index (χ1) is 16.9. The van der Waals surface area contributed by atoms with E-state index in [4.69, 9.17) is 11.6 Å². The monoisotopic (exact) mass is 522 g/mol. The first-order valence-electron chi connectivity index (χ1n) is 11.3. The summed E-state index contributed by atoms with van der Waals surface area (Å²) in [6.45, 7) is 7.05. The van der Waals surface area contributed by atoms with Crippen LogP contribution in [0.5, 0.6) is 0 Å². The number of halogens is 1. The van der Waals surface area contributed by atoms with Crippen molar-refractivity contribution in [3.63, 3.8) is 0 Å². The van der Waals surface area contributed by atoms with Crippen LogP contribution in [0, 0.1) is 0 Å². The summed E-state index contributed by atoms with van der Waals surface area (Å²) < 4.78 is 2.86. The number of hydrogen-bond acceptors (Lipinski definition) is 6. The second-order valence-corrected chi connectivity index (χ2v) is 10.5. The lowest BCUT2D eigenvalue weighted by atomic mass is 10.2. The molecule has 0 atom stereocenters. The lowest BCUT2D eigenvalue weighted by Gasteiger charge is -2.17. The van der Waals surface area contributed by atoms with Gasteiger partial charge in [-0.15, -0.1) is 11.3 Å². The van der Waals surface area contributed by atoms with Gasteiger partial charge in [0.05, 0.1) is 32.2 Å². The van der Waals surface area contributed by atoms with Crippen LogP contribution in [-0.4, -0.2) is 22.7 Å². The number of rotatable bonds is 4. The Morgan fingerprint density at radius 3 is 2.51 bits per heavy atom. The van der Waals surface area contributed by atoms with Crippen molar-refractivity contribution in [3.8, 4) is 0 Å². The molecule has 0 bridgehead atoms. The van der Waals surface area contributed by atoms with Gasteiger partial charge < -0.3 is 4.90 Å². The van der Waals surface area contributed by atoms with Crippen LogP contribution in [0.1, 0.15) is 20.8 Å². The van der Waals surface area contributed by atoms with Crippen LogP contribution in [0.3, 0.4) is 0 Å². The van der Waals surface area contributed by atoms with Gasteiger partial charge in [-0.3, -0.25) is 14.2 Å². The Morgan fingerprint density at radius 1 is 1.03 bits per heavy atom. The van der Waals surface area contributed by atoms with Gasteiger partial charge >= 0.3 is 0 Å². The van der Waals surface area contributed by atoms with Gasteiger partial charge in [0.1, 0.15) is 4.66 Å². The third-order valence-electron chi connectivity index (χ3n) is 5.84. The molecule has 2 aliphatic rings. The van der Waals surface area contributed by atoms with Crippen LogP contribution in [0.15, 0.2) is 74.4 Å². The van der Waals surface area contributed by atoms with Crippen molar-refractivity contribution in [1.29, 1.82) is 0 Å². The molecule has 3 aromatic rings. The smallest absolute Gasteiger partial charge is 0.283 e. The third-order valence-corrected chi connectivity index (χ3v) is 8.36. The fraction of sp³-hybridized carbons (Fsp3) is 0.192. The van der Waals surface area contributed by atoms with E-state index in [0.29, 0.717) is 37.7 Å². The molecular weight excluding hydrogens is 500 g/mol. The van der Waals surface area contributed by atoms with Gasteiger partial charge in [-0.2, -0.15) is 10.1 Å². The zero-order valence-electron chi connectivity index (χ0n) is 19.5.